The number of anilines is 1. The van der Waals surface area contributed by atoms with Crippen LogP contribution in [0.5, 0.6) is 5.75 Å². The van der Waals surface area contributed by atoms with Crippen molar-refractivity contribution >= 4 is 22.6 Å². The van der Waals surface area contributed by atoms with Crippen molar-refractivity contribution in [2.75, 3.05) is 39.2 Å². The summed E-state index contributed by atoms with van der Waals surface area (Å²) in [4.78, 5) is 29.0. The van der Waals surface area contributed by atoms with Gasteiger partial charge in [0.15, 0.2) is 11.6 Å². The highest BCUT2D eigenvalue weighted by molar-refractivity contribution is 5.99. The molecule has 1 spiro atoms. The van der Waals surface area contributed by atoms with E-state index in [1.54, 1.807) is 6.92 Å². The van der Waals surface area contributed by atoms with Gasteiger partial charge in [-0.3, -0.25) is 4.79 Å². The highest BCUT2D eigenvalue weighted by Crippen LogP contribution is 2.56. The van der Waals surface area contributed by atoms with Crippen LogP contribution in [0.3, 0.4) is 0 Å². The third kappa shape index (κ3) is 2.87. The van der Waals surface area contributed by atoms with E-state index in [4.69, 9.17) is 4.74 Å². The summed E-state index contributed by atoms with van der Waals surface area (Å²) in [5, 5.41) is 9.67. The topological polar surface area (TPSA) is 75.0 Å². The molecule has 2 heterocycles. The minimum Gasteiger partial charge on any atom is -0.492 e. The van der Waals surface area contributed by atoms with Crippen LogP contribution in [0.4, 0.5) is 10.1 Å². The van der Waals surface area contributed by atoms with E-state index in [9.17, 15) is 14.7 Å². The maximum absolute atomic E-state index is 15.9. The van der Waals surface area contributed by atoms with Crippen LogP contribution in [0, 0.1) is 18.2 Å². The molecule has 3 aliphatic rings. The summed E-state index contributed by atoms with van der Waals surface area (Å²) in [6.07, 6.45) is 5.43. The van der Waals surface area contributed by atoms with E-state index in [0.29, 0.717) is 29.5 Å². The first-order valence-electron chi connectivity index (χ1n) is 10.8. The number of aromatic nitrogens is 1. The van der Waals surface area contributed by atoms with Crippen molar-refractivity contribution in [2.24, 2.45) is 5.41 Å². The zero-order chi connectivity index (χ0) is 22.2. The molecule has 1 atom stereocenters. The summed E-state index contributed by atoms with van der Waals surface area (Å²) in [6, 6.07) is 0.420. The summed E-state index contributed by atoms with van der Waals surface area (Å²) in [6.45, 7) is 3.00. The van der Waals surface area contributed by atoms with Gasteiger partial charge in [-0.2, -0.15) is 0 Å². The summed E-state index contributed by atoms with van der Waals surface area (Å²) in [5.41, 5.74) is 0.264. The highest BCUT2D eigenvalue weighted by Gasteiger charge is 2.56. The van der Waals surface area contributed by atoms with Crippen molar-refractivity contribution in [1.29, 1.82) is 0 Å². The van der Waals surface area contributed by atoms with Crippen molar-refractivity contribution in [1.82, 2.24) is 9.47 Å². The van der Waals surface area contributed by atoms with Gasteiger partial charge in [-0.05, 0) is 46.7 Å². The van der Waals surface area contributed by atoms with Crippen LogP contribution in [-0.4, -0.2) is 60.9 Å². The lowest BCUT2D eigenvalue weighted by Gasteiger charge is -2.27. The number of rotatable bonds is 5. The number of benzene rings is 1. The molecule has 7 nitrogen and oxygen atoms in total. The number of aryl methyl sites for hydroxylation is 1. The number of hydrogen-bond acceptors (Lipinski definition) is 5. The average Bonchev–Trinajstić information content (AvgIpc) is 3.62. The minimum absolute atomic E-state index is 0.0932. The Morgan fingerprint density at radius 2 is 2.00 bits per heavy atom. The standard InChI is InChI=1S/C23H28FN3O4/c1-12-16-18(27(13-5-6-13)9-14(20(16)28)22(29)30)21(31-4)19(17(12)24)26-10-15(25(2)3)23(11-26)7-8-23/h9,13,15H,5-8,10-11H2,1-4H3,(H,29,30)/t15-/m0/s1. The maximum atomic E-state index is 15.9. The van der Waals surface area contributed by atoms with Gasteiger partial charge in [-0.1, -0.05) is 0 Å². The fraction of sp³-hybridized carbons (Fsp3) is 0.565. The second kappa shape index (κ2) is 6.69. The van der Waals surface area contributed by atoms with Crippen molar-refractivity contribution in [2.45, 2.75) is 44.7 Å². The Morgan fingerprint density at radius 1 is 1.32 bits per heavy atom. The Kier molecular flexibility index (Phi) is 4.38. The molecular weight excluding hydrogens is 401 g/mol. The SMILES string of the molecule is COc1c(N2C[C@H](N(C)C)C3(CC3)C2)c(F)c(C)c2c(=O)c(C(=O)O)cn(C3CC3)c12. The molecule has 0 unspecified atom stereocenters. The molecular formula is C23H28FN3O4. The van der Waals surface area contributed by atoms with Gasteiger partial charge in [0, 0.05) is 42.3 Å². The number of nitrogens with zero attached hydrogens (tertiary/aromatic N) is 3. The number of likely N-dealkylation sites (N-methyl/N-ethyl adjacent to an activating group) is 1. The number of pyridine rings is 1. The van der Waals surface area contributed by atoms with Crippen LogP contribution in [0.25, 0.3) is 10.9 Å². The van der Waals surface area contributed by atoms with Crippen LogP contribution in [0.2, 0.25) is 0 Å². The number of ether oxygens (including phenoxy) is 1. The first kappa shape index (κ1) is 20.3. The van der Waals surface area contributed by atoms with Gasteiger partial charge in [0.1, 0.15) is 11.3 Å². The molecule has 8 heteroatoms. The van der Waals surface area contributed by atoms with E-state index in [1.807, 2.05) is 4.57 Å². The van der Waals surface area contributed by atoms with E-state index in [-0.39, 0.29) is 28.0 Å². The Bertz CT molecular complexity index is 1160. The number of halogens is 1. The zero-order valence-corrected chi connectivity index (χ0v) is 18.4. The molecule has 2 aromatic rings. The molecule has 166 valence electrons. The van der Waals surface area contributed by atoms with Crippen molar-refractivity contribution < 1.29 is 19.0 Å². The number of methoxy groups -OCH3 is 1. The highest BCUT2D eigenvalue weighted by atomic mass is 19.1. The number of fused-ring (bicyclic) bond motifs is 1. The third-order valence-electron chi connectivity index (χ3n) is 7.39. The summed E-state index contributed by atoms with van der Waals surface area (Å²) in [5.74, 6) is -1.47. The van der Waals surface area contributed by atoms with Crippen LogP contribution in [0.15, 0.2) is 11.0 Å². The summed E-state index contributed by atoms with van der Waals surface area (Å²) in [7, 11) is 5.61. The zero-order valence-electron chi connectivity index (χ0n) is 18.4. The van der Waals surface area contributed by atoms with Gasteiger partial charge in [-0.15, -0.1) is 0 Å². The second-order valence-electron chi connectivity index (χ2n) is 9.58. The Hall–Kier alpha value is -2.61. The van der Waals surface area contributed by atoms with E-state index >= 15 is 4.39 Å². The quantitative estimate of drug-likeness (QED) is 0.788. The van der Waals surface area contributed by atoms with Crippen LogP contribution in [0.1, 0.15) is 47.6 Å². The van der Waals surface area contributed by atoms with Crippen LogP contribution >= 0.6 is 0 Å². The number of aromatic carboxylic acids is 1. The van der Waals surface area contributed by atoms with E-state index in [0.717, 1.165) is 32.2 Å². The predicted molar refractivity (Wildman–Crippen MR) is 116 cm³/mol. The Morgan fingerprint density at radius 3 is 2.48 bits per heavy atom. The molecule has 5 rings (SSSR count). The third-order valence-corrected chi connectivity index (χ3v) is 7.39. The van der Waals surface area contributed by atoms with Gasteiger partial charge >= 0.3 is 5.97 Å². The molecule has 1 aromatic carbocycles. The van der Waals surface area contributed by atoms with Crippen molar-refractivity contribution in [3.8, 4) is 5.75 Å². The molecule has 1 aliphatic heterocycles. The first-order chi connectivity index (χ1) is 14.7. The van der Waals surface area contributed by atoms with Crippen molar-refractivity contribution in [3.63, 3.8) is 0 Å². The Balaban J connectivity index is 1.79. The molecule has 2 aliphatic carbocycles. The summed E-state index contributed by atoms with van der Waals surface area (Å²) >= 11 is 0. The summed E-state index contributed by atoms with van der Waals surface area (Å²) < 4.78 is 23.4. The second-order valence-corrected chi connectivity index (χ2v) is 9.58. The van der Waals surface area contributed by atoms with E-state index in [2.05, 4.69) is 23.9 Å². The number of carboxylic acids is 1. The fourth-order valence-electron chi connectivity index (χ4n) is 5.47. The van der Waals surface area contributed by atoms with E-state index < -0.39 is 17.2 Å². The molecule has 0 amide bonds. The minimum atomic E-state index is -1.30. The molecule has 31 heavy (non-hydrogen) atoms. The molecule has 0 radical (unpaired) electrons. The molecule has 3 fully saturated rings. The number of carbonyl (C=O) groups is 1. The van der Waals surface area contributed by atoms with Crippen LogP contribution < -0.4 is 15.1 Å². The predicted octanol–water partition coefficient (Wildman–Crippen LogP) is 3.02. The lowest BCUT2D eigenvalue weighted by Crippen LogP contribution is -2.36. The van der Waals surface area contributed by atoms with Gasteiger partial charge in [0.25, 0.3) is 0 Å². The molecule has 1 saturated heterocycles. The van der Waals surface area contributed by atoms with Gasteiger partial charge < -0.3 is 24.2 Å². The lowest BCUT2D eigenvalue weighted by molar-refractivity contribution is 0.0695. The molecule has 1 N–H and O–H groups in total. The molecule has 1 aromatic heterocycles. The smallest absolute Gasteiger partial charge is 0.341 e. The maximum Gasteiger partial charge on any atom is 0.341 e. The van der Waals surface area contributed by atoms with Gasteiger partial charge in [-0.25, -0.2) is 9.18 Å². The van der Waals surface area contributed by atoms with Gasteiger partial charge in [0.05, 0.1) is 18.0 Å². The van der Waals surface area contributed by atoms with Crippen molar-refractivity contribution in [3.05, 3.63) is 33.4 Å². The van der Waals surface area contributed by atoms with Gasteiger partial charge in [0.2, 0.25) is 5.43 Å². The number of hydrogen-bond donors (Lipinski definition) is 1. The van der Waals surface area contributed by atoms with Crippen LogP contribution in [-0.2, 0) is 0 Å². The molecule has 2 saturated carbocycles. The Labute approximate surface area is 180 Å². The lowest BCUT2D eigenvalue weighted by atomic mass is 10.0. The number of carboxylic acid groups (broad SMARTS) is 1. The first-order valence-corrected chi connectivity index (χ1v) is 10.8. The van der Waals surface area contributed by atoms with E-state index in [1.165, 1.54) is 13.3 Å². The average molecular weight is 429 g/mol. The largest absolute Gasteiger partial charge is 0.492 e. The molecule has 0 bridgehead atoms. The fourth-order valence-corrected chi connectivity index (χ4v) is 5.47. The normalized spacial score (nSPS) is 22.0. The monoisotopic (exact) mass is 429 g/mol.